The maximum absolute atomic E-state index is 13.3. The van der Waals surface area contributed by atoms with Crippen LogP contribution in [0.4, 0.5) is 23.7 Å². The molecule has 3 aromatic rings. The Morgan fingerprint density at radius 3 is 2.37 bits per heavy atom. The zero-order valence-electron chi connectivity index (χ0n) is 19.3. The number of alkyl halides is 3. The summed E-state index contributed by atoms with van der Waals surface area (Å²) >= 11 is 0. The molecule has 0 aliphatic carbocycles. The molecule has 0 fully saturated rings. The molecule has 1 heterocycles. The molecule has 184 valence electrons. The van der Waals surface area contributed by atoms with Gasteiger partial charge < -0.3 is 19.7 Å². The highest BCUT2D eigenvalue weighted by Gasteiger charge is 2.30. The van der Waals surface area contributed by atoms with Crippen LogP contribution in [0, 0.1) is 0 Å². The molecule has 1 aromatic heterocycles. The van der Waals surface area contributed by atoms with E-state index in [4.69, 9.17) is 0 Å². The molecule has 0 spiro atoms. The number of nitrogens with one attached hydrogen (secondary N) is 1. The van der Waals surface area contributed by atoms with Gasteiger partial charge >= 0.3 is 12.2 Å². The van der Waals surface area contributed by atoms with E-state index in [0.717, 1.165) is 23.4 Å². The van der Waals surface area contributed by atoms with Gasteiger partial charge in [-0.3, -0.25) is 4.79 Å². The highest BCUT2D eigenvalue weighted by Crippen LogP contribution is 2.30. The third-order valence-corrected chi connectivity index (χ3v) is 5.38. The average Bonchev–Trinajstić information content (AvgIpc) is 3.23. The lowest BCUT2D eigenvalue weighted by Crippen LogP contribution is -2.44. The maximum atomic E-state index is 13.3. The number of aryl methyl sites for hydroxylation is 1. The number of urea groups is 1. The van der Waals surface area contributed by atoms with Crippen LogP contribution in [0.3, 0.4) is 0 Å². The third-order valence-electron chi connectivity index (χ3n) is 5.38. The minimum absolute atomic E-state index is 0.0173. The molecular weight excluding hydrogens is 457 g/mol. The van der Waals surface area contributed by atoms with Crippen molar-refractivity contribution < 1.29 is 22.8 Å². The van der Waals surface area contributed by atoms with Crippen molar-refractivity contribution in [1.82, 2.24) is 14.4 Å². The minimum Gasteiger partial charge on any atom is -0.353 e. The molecule has 0 bridgehead atoms. The van der Waals surface area contributed by atoms with Crippen molar-refractivity contribution in [3.63, 3.8) is 0 Å². The molecular formula is C26H27F3N4O2. The molecule has 0 aliphatic rings. The van der Waals surface area contributed by atoms with Crippen LogP contribution in [0.15, 0.2) is 85.6 Å². The molecule has 6 nitrogen and oxygen atoms in total. The summed E-state index contributed by atoms with van der Waals surface area (Å²) in [5.41, 5.74) is 0.950. The number of carbonyl (C=O) groups is 2. The van der Waals surface area contributed by atoms with Crippen LogP contribution in [0.2, 0.25) is 0 Å². The van der Waals surface area contributed by atoms with Gasteiger partial charge in [0.25, 0.3) is 0 Å². The number of hydrogen-bond acceptors (Lipinski definition) is 2. The van der Waals surface area contributed by atoms with E-state index in [-0.39, 0.29) is 24.7 Å². The second kappa shape index (κ2) is 11.4. The monoisotopic (exact) mass is 484 g/mol. The van der Waals surface area contributed by atoms with Gasteiger partial charge in [-0.05, 0) is 35.9 Å². The minimum atomic E-state index is -4.54. The van der Waals surface area contributed by atoms with E-state index < -0.39 is 17.8 Å². The van der Waals surface area contributed by atoms with Crippen LogP contribution >= 0.6 is 0 Å². The molecule has 1 N–H and O–H groups in total. The van der Waals surface area contributed by atoms with E-state index >= 15 is 0 Å². The zero-order chi connectivity index (χ0) is 25.4. The third kappa shape index (κ3) is 7.23. The summed E-state index contributed by atoms with van der Waals surface area (Å²) in [6.07, 6.45) is -1.20. The Morgan fingerprint density at radius 1 is 1.00 bits per heavy atom. The Kier molecular flexibility index (Phi) is 8.35. The number of anilines is 1. The Hall–Kier alpha value is -4.01. The van der Waals surface area contributed by atoms with Crippen molar-refractivity contribution in [2.45, 2.75) is 19.3 Å². The summed E-state index contributed by atoms with van der Waals surface area (Å²) in [6, 6.07) is 16.9. The quantitative estimate of drug-likeness (QED) is 0.420. The molecule has 0 radical (unpaired) electrons. The number of carbonyl (C=O) groups excluding carboxylic acids is 2. The van der Waals surface area contributed by atoms with Gasteiger partial charge in [0.05, 0.1) is 12.1 Å². The fourth-order valence-corrected chi connectivity index (χ4v) is 3.51. The van der Waals surface area contributed by atoms with Crippen LogP contribution < -0.4 is 5.32 Å². The van der Waals surface area contributed by atoms with Gasteiger partial charge in [0.2, 0.25) is 5.91 Å². The normalized spacial score (nSPS) is 11.1. The van der Waals surface area contributed by atoms with Gasteiger partial charge in [0.15, 0.2) is 0 Å². The standard InChI is InChI=1S/C26H27F3N4O2/c1-3-14-32(25(35)30-22-12-7-11-21(16-22)26(27,28)29)19-24(34)33(17-20-9-5-4-6-10-20)18-23-13-8-15-31(23)2/h3-13,15-16H,1,14,17-19H2,2H3,(H,30,35). The predicted molar refractivity (Wildman–Crippen MR) is 128 cm³/mol. The fraction of sp³-hybridized carbons (Fsp3) is 0.231. The number of halogens is 3. The van der Waals surface area contributed by atoms with E-state index in [1.54, 1.807) is 4.90 Å². The molecule has 0 saturated carbocycles. The van der Waals surface area contributed by atoms with E-state index in [0.29, 0.717) is 13.1 Å². The molecule has 0 aliphatic heterocycles. The largest absolute Gasteiger partial charge is 0.416 e. The van der Waals surface area contributed by atoms with E-state index in [9.17, 15) is 22.8 Å². The van der Waals surface area contributed by atoms with Crippen molar-refractivity contribution in [2.24, 2.45) is 7.05 Å². The molecule has 0 unspecified atom stereocenters. The van der Waals surface area contributed by atoms with Crippen LogP contribution in [0.5, 0.6) is 0 Å². The molecule has 35 heavy (non-hydrogen) atoms. The Labute approximate surface area is 202 Å². The zero-order valence-corrected chi connectivity index (χ0v) is 19.3. The number of benzene rings is 2. The number of hydrogen-bond donors (Lipinski definition) is 1. The topological polar surface area (TPSA) is 57.6 Å². The summed E-state index contributed by atoms with van der Waals surface area (Å²) in [4.78, 5) is 29.0. The second-order valence-electron chi connectivity index (χ2n) is 8.02. The first-order valence-corrected chi connectivity index (χ1v) is 10.9. The van der Waals surface area contributed by atoms with Gasteiger partial charge in [0, 0.05) is 37.7 Å². The smallest absolute Gasteiger partial charge is 0.353 e. The number of nitrogens with zero attached hydrogens (tertiary/aromatic N) is 3. The van der Waals surface area contributed by atoms with E-state index in [2.05, 4.69) is 11.9 Å². The second-order valence-corrected chi connectivity index (χ2v) is 8.02. The van der Waals surface area contributed by atoms with Gasteiger partial charge in [-0.1, -0.05) is 42.5 Å². The Bertz CT molecular complexity index is 1160. The lowest BCUT2D eigenvalue weighted by Gasteiger charge is -2.27. The van der Waals surface area contributed by atoms with Crippen LogP contribution in [-0.4, -0.2) is 39.4 Å². The van der Waals surface area contributed by atoms with Gasteiger partial charge in [0.1, 0.15) is 6.54 Å². The maximum Gasteiger partial charge on any atom is 0.416 e. The molecule has 0 saturated heterocycles. The lowest BCUT2D eigenvalue weighted by atomic mass is 10.2. The molecule has 3 amide bonds. The molecule has 9 heteroatoms. The molecule has 3 rings (SSSR count). The van der Waals surface area contributed by atoms with Crippen molar-refractivity contribution in [3.05, 3.63) is 102 Å². The summed E-state index contributed by atoms with van der Waals surface area (Å²) in [5.74, 6) is -0.309. The highest BCUT2D eigenvalue weighted by molar-refractivity contribution is 5.92. The SMILES string of the molecule is C=CCN(CC(=O)N(Cc1ccccc1)Cc1cccn1C)C(=O)Nc1cccc(C(F)(F)F)c1. The summed E-state index contributed by atoms with van der Waals surface area (Å²) in [7, 11) is 1.88. The van der Waals surface area contributed by atoms with Crippen LogP contribution in [-0.2, 0) is 31.1 Å². The van der Waals surface area contributed by atoms with E-state index in [1.807, 2.05) is 60.3 Å². The highest BCUT2D eigenvalue weighted by atomic mass is 19.4. The van der Waals surface area contributed by atoms with Crippen molar-refractivity contribution in [1.29, 1.82) is 0 Å². The Morgan fingerprint density at radius 2 is 1.74 bits per heavy atom. The van der Waals surface area contributed by atoms with Gasteiger partial charge in [-0.15, -0.1) is 6.58 Å². The first-order chi connectivity index (χ1) is 16.7. The van der Waals surface area contributed by atoms with Crippen molar-refractivity contribution >= 4 is 17.6 Å². The molecule has 0 atom stereocenters. The van der Waals surface area contributed by atoms with Crippen molar-refractivity contribution in [2.75, 3.05) is 18.4 Å². The van der Waals surface area contributed by atoms with Crippen LogP contribution in [0.1, 0.15) is 16.8 Å². The first kappa shape index (κ1) is 25.6. The summed E-state index contributed by atoms with van der Waals surface area (Å²) in [5, 5.41) is 2.45. The average molecular weight is 485 g/mol. The van der Waals surface area contributed by atoms with E-state index in [1.165, 1.54) is 23.1 Å². The predicted octanol–water partition coefficient (Wildman–Crippen LogP) is 5.29. The van der Waals surface area contributed by atoms with Crippen LogP contribution in [0.25, 0.3) is 0 Å². The van der Waals surface area contributed by atoms with Gasteiger partial charge in [-0.25, -0.2) is 4.79 Å². The lowest BCUT2D eigenvalue weighted by molar-refractivity contribution is -0.137. The fourth-order valence-electron chi connectivity index (χ4n) is 3.51. The number of aromatic nitrogens is 1. The Balaban J connectivity index is 1.76. The molecule has 2 aromatic carbocycles. The first-order valence-electron chi connectivity index (χ1n) is 10.9. The summed E-state index contributed by atoms with van der Waals surface area (Å²) < 4.78 is 41.0. The van der Waals surface area contributed by atoms with Crippen molar-refractivity contribution in [3.8, 4) is 0 Å². The van der Waals surface area contributed by atoms with Gasteiger partial charge in [-0.2, -0.15) is 13.2 Å². The number of amides is 3. The summed E-state index contributed by atoms with van der Waals surface area (Å²) in [6.45, 7) is 4.06. The number of rotatable bonds is 9.